The molecule has 1 amide bonds. The maximum absolute atomic E-state index is 12.3. The fraction of sp³-hybridized carbons (Fsp3) is 0.600. The summed E-state index contributed by atoms with van der Waals surface area (Å²) in [5.41, 5.74) is 0.227. The second-order valence-corrected chi connectivity index (χ2v) is 5.92. The van der Waals surface area contributed by atoms with Crippen LogP contribution in [0.1, 0.15) is 60.9 Å². The first-order chi connectivity index (χ1) is 11.1. The summed E-state index contributed by atoms with van der Waals surface area (Å²) in [4.78, 5) is 20.6. The summed E-state index contributed by atoms with van der Waals surface area (Å²) in [7, 11) is 0. The average Bonchev–Trinajstić information content (AvgIpc) is 3.24. The number of carbonyl (C=O) groups excluding carboxylic acids is 1. The lowest BCUT2D eigenvalue weighted by Crippen LogP contribution is -2.36. The van der Waals surface area contributed by atoms with Gasteiger partial charge in [0.1, 0.15) is 12.3 Å². The summed E-state index contributed by atoms with van der Waals surface area (Å²) >= 11 is 0. The van der Waals surface area contributed by atoms with Crippen molar-refractivity contribution >= 4 is 5.91 Å². The maximum atomic E-state index is 12.3. The largest absolute Gasteiger partial charge is 0.451 e. The molecule has 3 rings (SSSR count). The van der Waals surface area contributed by atoms with Gasteiger partial charge in [-0.3, -0.25) is 4.79 Å². The summed E-state index contributed by atoms with van der Waals surface area (Å²) in [5.74, 6) is 1.08. The molecule has 0 radical (unpaired) electrons. The van der Waals surface area contributed by atoms with E-state index in [0.29, 0.717) is 24.9 Å². The van der Waals surface area contributed by atoms with Crippen LogP contribution >= 0.6 is 0 Å². The minimum Gasteiger partial charge on any atom is -0.451 e. The Morgan fingerprint density at radius 2 is 2.13 bits per heavy atom. The zero-order valence-corrected chi connectivity index (χ0v) is 13.2. The van der Waals surface area contributed by atoms with Gasteiger partial charge in [0, 0.05) is 19.1 Å². The van der Waals surface area contributed by atoms with Crippen molar-refractivity contribution in [2.24, 2.45) is 5.92 Å². The van der Waals surface area contributed by atoms with Crippen LogP contribution < -0.4 is 5.32 Å². The highest BCUT2D eigenvalue weighted by molar-refractivity contribution is 5.92. The number of oxazole rings is 1. The first kappa shape index (κ1) is 15.7. The predicted molar refractivity (Wildman–Crippen MR) is 78.6 cm³/mol. The topological polar surface area (TPSA) is 103 Å². The molecule has 0 saturated carbocycles. The van der Waals surface area contributed by atoms with Gasteiger partial charge in [-0.05, 0) is 18.8 Å². The van der Waals surface area contributed by atoms with Crippen LogP contribution in [0.3, 0.4) is 0 Å². The molecular weight excluding hydrogens is 300 g/mol. The fourth-order valence-corrected chi connectivity index (χ4v) is 2.58. The van der Waals surface area contributed by atoms with Crippen LogP contribution in [0.5, 0.6) is 0 Å². The predicted octanol–water partition coefficient (Wildman–Crippen LogP) is 2.08. The molecule has 1 N–H and O–H groups in total. The van der Waals surface area contributed by atoms with E-state index in [1.54, 1.807) is 0 Å². The van der Waals surface area contributed by atoms with Crippen molar-refractivity contribution < 1.29 is 18.5 Å². The van der Waals surface area contributed by atoms with Gasteiger partial charge in [-0.15, -0.1) is 0 Å². The van der Waals surface area contributed by atoms with E-state index in [1.807, 2.05) is 13.8 Å². The molecule has 1 atom stereocenters. The highest BCUT2D eigenvalue weighted by Gasteiger charge is 2.32. The standard InChI is InChI=1S/C15H20N4O4/c1-9(2)13-18-15(23-19-13)12(10-3-5-21-6-4-10)17-14(20)11-7-22-8-16-11/h7-10,12H,3-6H2,1-2H3,(H,17,20)/t12-/m0/s1. The third-order valence-corrected chi connectivity index (χ3v) is 3.93. The summed E-state index contributed by atoms with van der Waals surface area (Å²) in [6.07, 6.45) is 4.18. The highest BCUT2D eigenvalue weighted by Crippen LogP contribution is 2.30. The van der Waals surface area contributed by atoms with Crippen LogP contribution in [0.2, 0.25) is 0 Å². The Hall–Kier alpha value is -2.22. The van der Waals surface area contributed by atoms with E-state index in [-0.39, 0.29) is 29.5 Å². The van der Waals surface area contributed by atoms with Crippen LogP contribution in [0, 0.1) is 5.92 Å². The van der Waals surface area contributed by atoms with Gasteiger partial charge in [0.2, 0.25) is 5.89 Å². The minimum atomic E-state index is -0.358. The van der Waals surface area contributed by atoms with E-state index in [9.17, 15) is 4.79 Å². The molecule has 1 fully saturated rings. The smallest absolute Gasteiger partial charge is 0.273 e. The van der Waals surface area contributed by atoms with Crippen molar-refractivity contribution in [2.45, 2.75) is 38.6 Å². The van der Waals surface area contributed by atoms with Gasteiger partial charge in [-0.2, -0.15) is 4.98 Å². The molecule has 1 aliphatic rings. The summed E-state index contributed by atoms with van der Waals surface area (Å²) in [6, 6.07) is -0.358. The quantitative estimate of drug-likeness (QED) is 0.899. The normalized spacial score (nSPS) is 17.3. The van der Waals surface area contributed by atoms with E-state index < -0.39 is 0 Å². The Bertz CT molecular complexity index is 632. The van der Waals surface area contributed by atoms with Crippen molar-refractivity contribution in [2.75, 3.05) is 13.2 Å². The Kier molecular flexibility index (Phi) is 4.71. The van der Waals surface area contributed by atoms with E-state index >= 15 is 0 Å². The molecule has 0 aromatic carbocycles. The number of nitrogens with zero attached hydrogens (tertiary/aromatic N) is 3. The molecule has 124 valence electrons. The van der Waals surface area contributed by atoms with Crippen LogP contribution in [0.15, 0.2) is 21.6 Å². The number of ether oxygens (including phenoxy) is 1. The number of amides is 1. The molecule has 0 aliphatic carbocycles. The summed E-state index contributed by atoms with van der Waals surface area (Å²) in [6.45, 7) is 5.30. The lowest BCUT2D eigenvalue weighted by atomic mass is 9.91. The van der Waals surface area contributed by atoms with Gasteiger partial charge < -0.3 is 19.0 Å². The Balaban J connectivity index is 1.81. The van der Waals surface area contributed by atoms with Crippen LogP contribution in [0.25, 0.3) is 0 Å². The number of carbonyl (C=O) groups is 1. The minimum absolute atomic E-state index is 0.161. The Morgan fingerprint density at radius 1 is 1.35 bits per heavy atom. The number of nitrogens with one attached hydrogen (secondary N) is 1. The molecule has 8 nitrogen and oxygen atoms in total. The van der Waals surface area contributed by atoms with Crippen LogP contribution in [-0.2, 0) is 4.74 Å². The molecule has 3 heterocycles. The third kappa shape index (κ3) is 3.58. The molecule has 2 aromatic rings. The van der Waals surface area contributed by atoms with Gasteiger partial charge in [0.15, 0.2) is 17.9 Å². The third-order valence-electron chi connectivity index (χ3n) is 3.93. The van der Waals surface area contributed by atoms with E-state index in [0.717, 1.165) is 12.8 Å². The van der Waals surface area contributed by atoms with E-state index in [1.165, 1.54) is 12.7 Å². The first-order valence-corrected chi connectivity index (χ1v) is 7.75. The second kappa shape index (κ2) is 6.91. The van der Waals surface area contributed by atoms with E-state index in [4.69, 9.17) is 13.7 Å². The molecule has 0 spiro atoms. The molecular formula is C15H20N4O4. The number of hydrogen-bond donors (Lipinski definition) is 1. The fourth-order valence-electron chi connectivity index (χ4n) is 2.58. The number of rotatable bonds is 5. The zero-order chi connectivity index (χ0) is 16.2. The first-order valence-electron chi connectivity index (χ1n) is 7.75. The summed E-state index contributed by atoms with van der Waals surface area (Å²) < 4.78 is 15.7. The highest BCUT2D eigenvalue weighted by atomic mass is 16.5. The molecule has 2 aromatic heterocycles. The van der Waals surface area contributed by atoms with Gasteiger partial charge >= 0.3 is 0 Å². The molecule has 0 unspecified atom stereocenters. The molecule has 0 bridgehead atoms. The van der Waals surface area contributed by atoms with Crippen molar-refractivity contribution in [1.29, 1.82) is 0 Å². The van der Waals surface area contributed by atoms with Crippen molar-refractivity contribution in [3.8, 4) is 0 Å². The molecule has 23 heavy (non-hydrogen) atoms. The van der Waals surface area contributed by atoms with Crippen LogP contribution in [-0.4, -0.2) is 34.2 Å². The van der Waals surface area contributed by atoms with Crippen molar-refractivity contribution in [3.63, 3.8) is 0 Å². The van der Waals surface area contributed by atoms with Gasteiger partial charge in [-0.1, -0.05) is 19.0 Å². The lowest BCUT2D eigenvalue weighted by Gasteiger charge is -2.28. The number of aromatic nitrogens is 3. The number of hydrogen-bond acceptors (Lipinski definition) is 7. The molecule has 1 saturated heterocycles. The van der Waals surface area contributed by atoms with Gasteiger partial charge in [0.25, 0.3) is 5.91 Å². The van der Waals surface area contributed by atoms with Crippen molar-refractivity contribution in [3.05, 3.63) is 30.1 Å². The maximum Gasteiger partial charge on any atom is 0.273 e. The lowest BCUT2D eigenvalue weighted by molar-refractivity contribution is 0.0467. The zero-order valence-electron chi connectivity index (χ0n) is 13.2. The second-order valence-electron chi connectivity index (χ2n) is 5.92. The summed E-state index contributed by atoms with van der Waals surface area (Å²) in [5, 5.41) is 6.94. The van der Waals surface area contributed by atoms with E-state index in [2.05, 4.69) is 20.4 Å². The SMILES string of the molecule is CC(C)c1noc([C@@H](NC(=O)c2cocn2)C2CCOCC2)n1. The molecule has 8 heteroatoms. The Labute approximate surface area is 133 Å². The molecule has 1 aliphatic heterocycles. The average molecular weight is 320 g/mol. The van der Waals surface area contributed by atoms with Gasteiger partial charge in [0.05, 0.1) is 0 Å². The van der Waals surface area contributed by atoms with Crippen molar-refractivity contribution in [1.82, 2.24) is 20.4 Å². The monoisotopic (exact) mass is 320 g/mol. The Morgan fingerprint density at radius 3 is 2.74 bits per heavy atom. The van der Waals surface area contributed by atoms with Crippen LogP contribution in [0.4, 0.5) is 0 Å². The van der Waals surface area contributed by atoms with Gasteiger partial charge in [-0.25, -0.2) is 4.98 Å².